The summed E-state index contributed by atoms with van der Waals surface area (Å²) in [6.45, 7) is 7.41. The number of H-pyrrole nitrogens is 1. The van der Waals surface area contributed by atoms with Crippen LogP contribution in [0.5, 0.6) is 0 Å². The van der Waals surface area contributed by atoms with Gasteiger partial charge in [0.25, 0.3) is 5.91 Å². The summed E-state index contributed by atoms with van der Waals surface area (Å²) in [5.74, 6) is 1.10. The molecule has 1 aliphatic heterocycles. The summed E-state index contributed by atoms with van der Waals surface area (Å²) < 4.78 is 10.9. The Morgan fingerprint density at radius 3 is 2.95 bits per heavy atom. The molecule has 118 valence electrons. The number of rotatable bonds is 3. The number of morpholine rings is 1. The summed E-state index contributed by atoms with van der Waals surface area (Å²) in [5, 5.41) is 3.94. The van der Waals surface area contributed by atoms with Crippen LogP contribution in [0.3, 0.4) is 0 Å². The van der Waals surface area contributed by atoms with Crippen molar-refractivity contribution in [1.82, 2.24) is 20.0 Å². The highest BCUT2D eigenvalue weighted by Crippen LogP contribution is 2.22. The molecule has 1 fully saturated rings. The van der Waals surface area contributed by atoms with Crippen molar-refractivity contribution in [2.24, 2.45) is 0 Å². The van der Waals surface area contributed by atoms with Gasteiger partial charge in [0, 0.05) is 24.5 Å². The van der Waals surface area contributed by atoms with Gasteiger partial charge in [-0.15, -0.1) is 0 Å². The van der Waals surface area contributed by atoms with Crippen molar-refractivity contribution in [2.45, 2.75) is 32.8 Å². The molecule has 3 heterocycles. The lowest BCUT2D eigenvalue weighted by atomic mass is 10.1. The summed E-state index contributed by atoms with van der Waals surface area (Å²) in [5.41, 5.74) is 1.76. The summed E-state index contributed by atoms with van der Waals surface area (Å²) in [6, 6.07) is 1.72. The molecule has 22 heavy (non-hydrogen) atoms. The number of aromatic nitrogens is 3. The van der Waals surface area contributed by atoms with E-state index < -0.39 is 0 Å². The first-order valence-electron chi connectivity index (χ1n) is 7.43. The summed E-state index contributed by atoms with van der Waals surface area (Å²) >= 11 is 0. The van der Waals surface area contributed by atoms with Gasteiger partial charge in [-0.2, -0.15) is 0 Å². The molecule has 2 aromatic heterocycles. The zero-order valence-electron chi connectivity index (χ0n) is 13.0. The number of nitrogens with zero attached hydrogens (tertiary/aromatic N) is 3. The van der Waals surface area contributed by atoms with Gasteiger partial charge in [0.2, 0.25) is 5.76 Å². The van der Waals surface area contributed by atoms with Crippen LogP contribution in [-0.2, 0) is 4.74 Å². The van der Waals surface area contributed by atoms with Crippen LogP contribution in [0.15, 0.2) is 16.8 Å². The highest BCUT2D eigenvalue weighted by atomic mass is 16.5. The fourth-order valence-electron chi connectivity index (χ4n) is 2.41. The number of imidazole rings is 1. The maximum absolute atomic E-state index is 12.5. The highest BCUT2D eigenvalue weighted by Gasteiger charge is 2.29. The van der Waals surface area contributed by atoms with Gasteiger partial charge in [0.1, 0.15) is 11.9 Å². The largest absolute Gasteiger partial charge is 0.367 e. The van der Waals surface area contributed by atoms with Gasteiger partial charge in [-0.05, 0) is 12.8 Å². The first kappa shape index (κ1) is 14.8. The summed E-state index contributed by atoms with van der Waals surface area (Å²) in [7, 11) is 0. The number of hydrogen-bond acceptors (Lipinski definition) is 5. The van der Waals surface area contributed by atoms with E-state index in [0.717, 1.165) is 17.2 Å². The molecule has 0 bridgehead atoms. The number of nitrogens with one attached hydrogen (secondary N) is 1. The number of ether oxygens (including phenoxy) is 1. The van der Waals surface area contributed by atoms with Crippen molar-refractivity contribution < 1.29 is 14.1 Å². The molecule has 3 rings (SSSR count). The summed E-state index contributed by atoms with van der Waals surface area (Å²) in [4.78, 5) is 21.7. The molecule has 7 nitrogen and oxygen atoms in total. The van der Waals surface area contributed by atoms with E-state index in [4.69, 9.17) is 9.26 Å². The molecule has 1 atom stereocenters. The Morgan fingerprint density at radius 1 is 1.50 bits per heavy atom. The van der Waals surface area contributed by atoms with Crippen LogP contribution in [0.2, 0.25) is 0 Å². The molecular formula is C15H20N4O3. The van der Waals surface area contributed by atoms with Crippen molar-refractivity contribution in [2.75, 3.05) is 19.7 Å². The minimum absolute atomic E-state index is 0.157. The van der Waals surface area contributed by atoms with Crippen LogP contribution in [0, 0.1) is 6.92 Å². The van der Waals surface area contributed by atoms with Crippen LogP contribution in [0.25, 0.3) is 0 Å². The van der Waals surface area contributed by atoms with E-state index in [2.05, 4.69) is 15.1 Å². The van der Waals surface area contributed by atoms with E-state index in [1.54, 1.807) is 17.2 Å². The molecule has 0 saturated carbocycles. The van der Waals surface area contributed by atoms with E-state index in [9.17, 15) is 4.79 Å². The molecule has 1 saturated heterocycles. The molecule has 0 radical (unpaired) electrons. The maximum atomic E-state index is 12.5. The first-order valence-corrected chi connectivity index (χ1v) is 7.43. The fourth-order valence-corrected chi connectivity index (χ4v) is 2.41. The molecule has 1 aliphatic rings. The SMILES string of the molecule is Cc1cnc([C@@H]2CN(C(=O)c3cc(C(C)C)no3)CCO2)[nH]1. The van der Waals surface area contributed by atoms with E-state index in [0.29, 0.717) is 19.7 Å². The van der Waals surface area contributed by atoms with Crippen molar-refractivity contribution in [3.05, 3.63) is 35.2 Å². The van der Waals surface area contributed by atoms with Crippen molar-refractivity contribution in [3.8, 4) is 0 Å². The zero-order valence-corrected chi connectivity index (χ0v) is 13.0. The van der Waals surface area contributed by atoms with Crippen LogP contribution in [0.4, 0.5) is 0 Å². The van der Waals surface area contributed by atoms with E-state index in [1.165, 1.54) is 0 Å². The quantitative estimate of drug-likeness (QED) is 0.938. The molecule has 0 aromatic carbocycles. The summed E-state index contributed by atoms with van der Waals surface area (Å²) in [6.07, 6.45) is 1.52. The lowest BCUT2D eigenvalue weighted by Crippen LogP contribution is -2.42. The molecule has 2 aromatic rings. The molecule has 0 aliphatic carbocycles. The molecule has 0 spiro atoms. The second kappa shape index (κ2) is 5.92. The molecule has 1 N–H and O–H groups in total. The van der Waals surface area contributed by atoms with Gasteiger partial charge in [-0.3, -0.25) is 4.79 Å². The van der Waals surface area contributed by atoms with Gasteiger partial charge >= 0.3 is 0 Å². The van der Waals surface area contributed by atoms with Crippen LogP contribution in [0.1, 0.15) is 53.6 Å². The molecule has 1 amide bonds. The number of amides is 1. The van der Waals surface area contributed by atoms with E-state index in [-0.39, 0.29) is 23.7 Å². The topological polar surface area (TPSA) is 84.2 Å². The minimum Gasteiger partial charge on any atom is -0.367 e. The van der Waals surface area contributed by atoms with Crippen molar-refractivity contribution in [1.29, 1.82) is 0 Å². The third-order valence-corrected chi connectivity index (χ3v) is 3.71. The third-order valence-electron chi connectivity index (χ3n) is 3.71. The average molecular weight is 304 g/mol. The van der Waals surface area contributed by atoms with Crippen LogP contribution in [-0.4, -0.2) is 45.6 Å². The first-order chi connectivity index (χ1) is 10.5. The van der Waals surface area contributed by atoms with Gasteiger partial charge in [-0.25, -0.2) is 4.98 Å². The Morgan fingerprint density at radius 2 is 2.32 bits per heavy atom. The lowest BCUT2D eigenvalue weighted by Gasteiger charge is -2.31. The van der Waals surface area contributed by atoms with Gasteiger partial charge in [0.05, 0.1) is 18.8 Å². The predicted octanol–water partition coefficient (Wildman–Crippen LogP) is 2.04. The minimum atomic E-state index is -0.237. The lowest BCUT2D eigenvalue weighted by molar-refractivity contribution is -0.0276. The number of carbonyl (C=O) groups is 1. The van der Waals surface area contributed by atoms with Gasteiger partial charge in [-0.1, -0.05) is 19.0 Å². The Kier molecular flexibility index (Phi) is 3.98. The van der Waals surface area contributed by atoms with Crippen molar-refractivity contribution in [3.63, 3.8) is 0 Å². The Hall–Kier alpha value is -2.15. The normalized spacial score (nSPS) is 18.9. The third kappa shape index (κ3) is 2.89. The monoisotopic (exact) mass is 304 g/mol. The van der Waals surface area contributed by atoms with Crippen molar-refractivity contribution >= 4 is 5.91 Å². The smallest absolute Gasteiger partial charge is 0.292 e. The van der Waals surface area contributed by atoms with Crippen LogP contribution < -0.4 is 0 Å². The van der Waals surface area contributed by atoms with Crippen LogP contribution >= 0.6 is 0 Å². The standard InChI is InChI=1S/C15H20N4O3/c1-9(2)11-6-12(22-18-11)15(20)19-4-5-21-13(8-19)14-16-7-10(3)17-14/h6-7,9,13H,4-5,8H2,1-3H3,(H,16,17)/t13-/m0/s1. The number of carbonyl (C=O) groups excluding carboxylic acids is 1. The van der Waals surface area contributed by atoms with Gasteiger partial charge < -0.3 is 19.1 Å². The Balaban J connectivity index is 1.72. The Bertz CT molecular complexity index is 661. The fraction of sp³-hybridized carbons (Fsp3) is 0.533. The second-order valence-corrected chi connectivity index (χ2v) is 5.83. The Labute approximate surface area is 128 Å². The molecule has 0 unspecified atom stereocenters. The van der Waals surface area contributed by atoms with E-state index >= 15 is 0 Å². The maximum Gasteiger partial charge on any atom is 0.292 e. The average Bonchev–Trinajstić information content (AvgIpc) is 3.15. The number of aryl methyl sites for hydroxylation is 1. The predicted molar refractivity (Wildman–Crippen MR) is 78.5 cm³/mol. The van der Waals surface area contributed by atoms with E-state index in [1.807, 2.05) is 20.8 Å². The van der Waals surface area contributed by atoms with Gasteiger partial charge in [0.15, 0.2) is 0 Å². The zero-order chi connectivity index (χ0) is 15.7. The number of aromatic amines is 1. The second-order valence-electron chi connectivity index (χ2n) is 5.83. The molecule has 7 heteroatoms. The number of hydrogen-bond donors (Lipinski definition) is 1. The highest BCUT2D eigenvalue weighted by molar-refractivity contribution is 5.91. The molecular weight excluding hydrogens is 284 g/mol.